The van der Waals surface area contributed by atoms with Crippen molar-refractivity contribution in [3.63, 3.8) is 0 Å². The molecular formula is C20H28N2O. The van der Waals surface area contributed by atoms with Crippen molar-refractivity contribution in [2.45, 2.75) is 56.9 Å². The zero-order chi connectivity index (χ0) is 16.0. The number of carbonyl (C=O) groups is 1. The number of aryl methyl sites for hydroxylation is 1. The third kappa shape index (κ3) is 2.50. The van der Waals surface area contributed by atoms with Gasteiger partial charge in [0.1, 0.15) is 0 Å². The second-order valence-electron chi connectivity index (χ2n) is 7.97. The molecular weight excluding hydrogens is 284 g/mol. The first-order valence-corrected chi connectivity index (χ1v) is 9.24. The average Bonchev–Trinajstić information content (AvgIpc) is 3.29. The van der Waals surface area contributed by atoms with Crippen molar-refractivity contribution in [1.29, 1.82) is 0 Å². The maximum atomic E-state index is 13.1. The first kappa shape index (κ1) is 15.2. The van der Waals surface area contributed by atoms with E-state index in [2.05, 4.69) is 36.1 Å². The molecule has 1 aliphatic heterocycles. The minimum absolute atomic E-state index is 0.160. The van der Waals surface area contributed by atoms with Gasteiger partial charge in [0.05, 0.1) is 0 Å². The molecule has 4 atom stereocenters. The Hall–Kier alpha value is -1.35. The Kier molecular flexibility index (Phi) is 3.72. The average molecular weight is 312 g/mol. The van der Waals surface area contributed by atoms with Gasteiger partial charge >= 0.3 is 0 Å². The van der Waals surface area contributed by atoms with Gasteiger partial charge in [0.25, 0.3) is 0 Å². The van der Waals surface area contributed by atoms with Crippen molar-refractivity contribution in [1.82, 2.24) is 4.90 Å². The topological polar surface area (TPSA) is 46.3 Å². The highest BCUT2D eigenvalue weighted by Gasteiger charge is 2.60. The minimum Gasteiger partial charge on any atom is -0.342 e. The largest absolute Gasteiger partial charge is 0.342 e. The standard InChI is InChI=1S/C20H28N2O/c1-14(21)16-8-5-11-22(13-16)19(23)18-12-20(18)10-4-7-15-6-2-3-9-17(15)20/h2-3,6,9,14,16,18H,4-5,7-8,10-13,21H2,1H3. The van der Waals surface area contributed by atoms with Gasteiger partial charge in [-0.05, 0) is 62.5 Å². The maximum Gasteiger partial charge on any atom is 0.226 e. The van der Waals surface area contributed by atoms with Crippen LogP contribution in [0.3, 0.4) is 0 Å². The van der Waals surface area contributed by atoms with E-state index >= 15 is 0 Å². The smallest absolute Gasteiger partial charge is 0.226 e. The van der Waals surface area contributed by atoms with E-state index in [1.807, 2.05) is 0 Å². The molecule has 1 spiro atoms. The highest BCUT2D eigenvalue weighted by atomic mass is 16.2. The fraction of sp³-hybridized carbons (Fsp3) is 0.650. The fourth-order valence-corrected chi connectivity index (χ4v) is 5.02. The molecule has 4 rings (SSSR count). The molecule has 0 radical (unpaired) electrons. The summed E-state index contributed by atoms with van der Waals surface area (Å²) in [6, 6.07) is 8.98. The molecule has 0 bridgehead atoms. The number of fused-ring (bicyclic) bond motifs is 2. The van der Waals surface area contributed by atoms with Crippen LogP contribution in [0.4, 0.5) is 0 Å². The van der Waals surface area contributed by atoms with Crippen molar-refractivity contribution < 1.29 is 4.79 Å². The molecule has 3 nitrogen and oxygen atoms in total. The monoisotopic (exact) mass is 312 g/mol. The van der Waals surface area contributed by atoms with Crippen LogP contribution in [-0.2, 0) is 16.6 Å². The predicted octanol–water partition coefficient (Wildman–Crippen LogP) is 2.87. The Balaban J connectivity index is 1.52. The Morgan fingerprint density at radius 3 is 3.00 bits per heavy atom. The summed E-state index contributed by atoms with van der Waals surface area (Å²) in [4.78, 5) is 15.2. The number of hydrogen-bond donors (Lipinski definition) is 1. The summed E-state index contributed by atoms with van der Waals surface area (Å²) in [5.41, 5.74) is 9.18. The number of piperidine rings is 1. The van der Waals surface area contributed by atoms with Gasteiger partial charge in [-0.15, -0.1) is 0 Å². The van der Waals surface area contributed by atoms with Gasteiger partial charge in [-0.1, -0.05) is 24.3 Å². The summed E-state index contributed by atoms with van der Waals surface area (Å²) in [5.74, 6) is 1.09. The zero-order valence-electron chi connectivity index (χ0n) is 14.1. The first-order valence-electron chi connectivity index (χ1n) is 9.24. The van der Waals surface area contributed by atoms with Crippen LogP contribution >= 0.6 is 0 Å². The molecule has 124 valence electrons. The molecule has 1 aromatic carbocycles. The van der Waals surface area contributed by atoms with E-state index in [4.69, 9.17) is 5.73 Å². The van der Waals surface area contributed by atoms with Gasteiger partial charge < -0.3 is 10.6 Å². The van der Waals surface area contributed by atoms with E-state index in [0.717, 1.165) is 25.9 Å². The zero-order valence-corrected chi connectivity index (χ0v) is 14.1. The SMILES string of the molecule is CC(N)C1CCCN(C(=O)C2CC23CCCc2ccccc23)C1. The molecule has 1 heterocycles. The highest BCUT2D eigenvalue weighted by molar-refractivity contribution is 5.85. The van der Waals surface area contributed by atoms with Crippen molar-refractivity contribution in [2.75, 3.05) is 13.1 Å². The van der Waals surface area contributed by atoms with Gasteiger partial charge in [0.15, 0.2) is 0 Å². The molecule has 2 aliphatic carbocycles. The van der Waals surface area contributed by atoms with Gasteiger partial charge in [0.2, 0.25) is 5.91 Å². The lowest BCUT2D eigenvalue weighted by Gasteiger charge is -2.35. The Bertz CT molecular complexity index is 611. The van der Waals surface area contributed by atoms with Gasteiger partial charge in [-0.3, -0.25) is 4.79 Å². The van der Waals surface area contributed by atoms with Crippen LogP contribution in [0.25, 0.3) is 0 Å². The summed E-state index contributed by atoms with van der Waals surface area (Å²) in [6.07, 6.45) is 6.92. The summed E-state index contributed by atoms with van der Waals surface area (Å²) in [6.45, 7) is 3.87. The molecule has 23 heavy (non-hydrogen) atoms. The molecule has 3 heteroatoms. The number of carbonyl (C=O) groups excluding carboxylic acids is 1. The molecule has 0 aromatic heterocycles. The molecule has 1 saturated heterocycles. The van der Waals surface area contributed by atoms with E-state index in [1.165, 1.54) is 36.8 Å². The van der Waals surface area contributed by atoms with Gasteiger partial charge in [0, 0.05) is 30.5 Å². The molecule has 2 N–H and O–H groups in total. The second-order valence-corrected chi connectivity index (χ2v) is 7.97. The van der Waals surface area contributed by atoms with Crippen LogP contribution < -0.4 is 5.73 Å². The van der Waals surface area contributed by atoms with Crippen LogP contribution in [0.15, 0.2) is 24.3 Å². The Labute approximate surface area is 139 Å². The van der Waals surface area contributed by atoms with Crippen LogP contribution in [-0.4, -0.2) is 29.9 Å². The summed E-state index contributed by atoms with van der Waals surface area (Å²) >= 11 is 0. The maximum absolute atomic E-state index is 13.1. The van der Waals surface area contributed by atoms with Crippen LogP contribution in [0.5, 0.6) is 0 Å². The Morgan fingerprint density at radius 1 is 1.35 bits per heavy atom. The summed E-state index contributed by atoms with van der Waals surface area (Å²) in [7, 11) is 0. The van der Waals surface area contributed by atoms with Crippen molar-refractivity contribution in [3.05, 3.63) is 35.4 Å². The number of rotatable bonds is 2. The van der Waals surface area contributed by atoms with Crippen molar-refractivity contribution in [3.8, 4) is 0 Å². The van der Waals surface area contributed by atoms with Gasteiger partial charge in [-0.25, -0.2) is 0 Å². The fourth-order valence-electron chi connectivity index (χ4n) is 5.02. The van der Waals surface area contributed by atoms with Crippen molar-refractivity contribution in [2.24, 2.45) is 17.6 Å². The highest BCUT2D eigenvalue weighted by Crippen LogP contribution is 2.60. The van der Waals surface area contributed by atoms with Crippen molar-refractivity contribution >= 4 is 5.91 Å². The number of benzene rings is 1. The molecule has 2 fully saturated rings. The lowest BCUT2D eigenvalue weighted by atomic mass is 9.78. The Morgan fingerprint density at radius 2 is 2.17 bits per heavy atom. The van der Waals surface area contributed by atoms with E-state index in [-0.39, 0.29) is 17.4 Å². The minimum atomic E-state index is 0.160. The number of hydrogen-bond acceptors (Lipinski definition) is 2. The first-order chi connectivity index (χ1) is 11.1. The third-order valence-corrected chi connectivity index (χ3v) is 6.51. The number of nitrogens with two attached hydrogens (primary N) is 1. The quantitative estimate of drug-likeness (QED) is 0.913. The van der Waals surface area contributed by atoms with E-state index in [9.17, 15) is 4.79 Å². The predicted molar refractivity (Wildman–Crippen MR) is 92.1 cm³/mol. The number of nitrogens with zero attached hydrogens (tertiary/aromatic N) is 1. The van der Waals surface area contributed by atoms with E-state index in [1.54, 1.807) is 0 Å². The molecule has 1 saturated carbocycles. The molecule has 3 aliphatic rings. The van der Waals surface area contributed by atoms with Crippen LogP contribution in [0.2, 0.25) is 0 Å². The second kappa shape index (κ2) is 5.62. The third-order valence-electron chi connectivity index (χ3n) is 6.51. The molecule has 1 aromatic rings. The molecule has 4 unspecified atom stereocenters. The summed E-state index contributed by atoms with van der Waals surface area (Å²) < 4.78 is 0. The van der Waals surface area contributed by atoms with Crippen LogP contribution in [0, 0.1) is 11.8 Å². The lowest BCUT2D eigenvalue weighted by molar-refractivity contribution is -0.135. The normalized spacial score (nSPS) is 34.1. The van der Waals surface area contributed by atoms with Gasteiger partial charge in [-0.2, -0.15) is 0 Å². The van der Waals surface area contributed by atoms with Crippen LogP contribution in [0.1, 0.15) is 50.2 Å². The number of amides is 1. The summed E-state index contributed by atoms with van der Waals surface area (Å²) in [5, 5.41) is 0. The van der Waals surface area contributed by atoms with E-state index < -0.39 is 0 Å². The van der Waals surface area contributed by atoms with E-state index in [0.29, 0.717) is 11.8 Å². The lowest BCUT2D eigenvalue weighted by Crippen LogP contribution is -2.46. The number of likely N-dealkylation sites (tertiary alicyclic amines) is 1. The molecule has 1 amide bonds.